The summed E-state index contributed by atoms with van der Waals surface area (Å²) in [6.07, 6.45) is 0.671. The number of benzene rings is 1. The van der Waals surface area contributed by atoms with Gasteiger partial charge in [-0.1, -0.05) is 51.1 Å². The van der Waals surface area contributed by atoms with Crippen molar-refractivity contribution in [1.82, 2.24) is 4.98 Å². The van der Waals surface area contributed by atoms with Gasteiger partial charge in [-0.15, -0.1) is 11.3 Å². The highest BCUT2D eigenvalue weighted by atomic mass is 32.1. The molecule has 0 bridgehead atoms. The molecule has 3 nitrogen and oxygen atoms in total. The first kappa shape index (κ1) is 16.1. The summed E-state index contributed by atoms with van der Waals surface area (Å²) in [5, 5.41) is 13.1. The molecule has 2 rings (SSSR count). The van der Waals surface area contributed by atoms with E-state index in [4.69, 9.17) is 10.7 Å². The molecule has 1 aromatic carbocycles. The maximum absolute atomic E-state index is 9.95. The average Bonchev–Trinajstić information content (AvgIpc) is 2.94. The molecule has 0 aliphatic carbocycles. The summed E-state index contributed by atoms with van der Waals surface area (Å²) in [6.45, 7) is 6.90. The van der Waals surface area contributed by atoms with Crippen molar-refractivity contribution in [2.45, 2.75) is 38.0 Å². The molecule has 0 fully saturated rings. The van der Waals surface area contributed by atoms with Crippen LogP contribution in [0.25, 0.3) is 0 Å². The highest BCUT2D eigenvalue weighted by Gasteiger charge is 2.32. The van der Waals surface area contributed by atoms with Crippen LogP contribution in [0.2, 0.25) is 0 Å². The summed E-state index contributed by atoms with van der Waals surface area (Å²) < 4.78 is 0. The van der Waals surface area contributed by atoms with Gasteiger partial charge >= 0.3 is 0 Å². The molecule has 0 amide bonds. The van der Waals surface area contributed by atoms with Crippen LogP contribution in [0, 0.1) is 0 Å². The summed E-state index contributed by atoms with van der Waals surface area (Å²) in [5.41, 5.74) is 7.77. The van der Waals surface area contributed by atoms with Crippen molar-refractivity contribution in [2.75, 3.05) is 13.2 Å². The zero-order chi connectivity index (χ0) is 15.5. The molecule has 0 saturated heterocycles. The molecule has 0 saturated carbocycles. The van der Waals surface area contributed by atoms with Crippen molar-refractivity contribution in [2.24, 2.45) is 5.73 Å². The molecule has 4 heteroatoms. The Balaban J connectivity index is 2.31. The molecule has 0 radical (unpaired) electrons. The van der Waals surface area contributed by atoms with Gasteiger partial charge in [-0.25, -0.2) is 4.98 Å². The number of thiazole rings is 1. The Kier molecular flexibility index (Phi) is 4.81. The molecule has 1 unspecified atom stereocenters. The van der Waals surface area contributed by atoms with Gasteiger partial charge in [-0.05, 0) is 5.56 Å². The molecule has 114 valence electrons. The van der Waals surface area contributed by atoms with Crippen LogP contribution in [0.1, 0.15) is 37.0 Å². The fourth-order valence-corrected chi connectivity index (χ4v) is 3.49. The van der Waals surface area contributed by atoms with Crippen molar-refractivity contribution in [1.29, 1.82) is 0 Å². The number of nitrogens with two attached hydrogens (primary N) is 1. The van der Waals surface area contributed by atoms with Gasteiger partial charge in [0.15, 0.2) is 0 Å². The lowest BCUT2D eigenvalue weighted by Gasteiger charge is -2.30. The first-order chi connectivity index (χ1) is 9.91. The Bertz CT molecular complexity index is 568. The van der Waals surface area contributed by atoms with Gasteiger partial charge in [-0.2, -0.15) is 0 Å². The highest BCUT2D eigenvalue weighted by molar-refractivity contribution is 7.09. The molecule has 1 aromatic heterocycles. The quantitative estimate of drug-likeness (QED) is 0.893. The third-order valence-electron chi connectivity index (χ3n) is 3.89. The first-order valence-electron chi connectivity index (χ1n) is 7.23. The summed E-state index contributed by atoms with van der Waals surface area (Å²) in [6, 6.07) is 10.0. The Labute approximate surface area is 130 Å². The van der Waals surface area contributed by atoms with Gasteiger partial charge in [0.1, 0.15) is 0 Å². The topological polar surface area (TPSA) is 59.1 Å². The summed E-state index contributed by atoms with van der Waals surface area (Å²) in [7, 11) is 0. The van der Waals surface area contributed by atoms with Gasteiger partial charge in [0.25, 0.3) is 0 Å². The van der Waals surface area contributed by atoms with Gasteiger partial charge in [0.05, 0.1) is 17.3 Å². The lowest BCUT2D eigenvalue weighted by Crippen LogP contribution is -2.41. The molecule has 1 atom stereocenters. The molecular weight excluding hydrogens is 280 g/mol. The van der Waals surface area contributed by atoms with E-state index in [2.05, 4.69) is 26.2 Å². The maximum Gasteiger partial charge on any atom is 0.0938 e. The van der Waals surface area contributed by atoms with E-state index in [0.29, 0.717) is 13.0 Å². The summed E-state index contributed by atoms with van der Waals surface area (Å²) in [5.74, 6) is 0. The maximum atomic E-state index is 9.95. The van der Waals surface area contributed by atoms with Gasteiger partial charge < -0.3 is 10.8 Å². The van der Waals surface area contributed by atoms with Crippen LogP contribution in [0.4, 0.5) is 0 Å². The van der Waals surface area contributed by atoms with E-state index in [1.165, 1.54) is 0 Å². The van der Waals surface area contributed by atoms with Crippen molar-refractivity contribution < 1.29 is 5.11 Å². The zero-order valence-corrected chi connectivity index (χ0v) is 13.8. The smallest absolute Gasteiger partial charge is 0.0938 e. The van der Waals surface area contributed by atoms with E-state index in [1.807, 2.05) is 30.3 Å². The van der Waals surface area contributed by atoms with E-state index in [9.17, 15) is 5.11 Å². The standard InChI is InChI=1S/C17H24N2OS/c1-16(2,3)14-10-21-15(19-14)9-17(11-18,12-20)13-7-5-4-6-8-13/h4-8,10,20H,9,11-12,18H2,1-3H3. The molecule has 3 N–H and O–H groups in total. The summed E-state index contributed by atoms with van der Waals surface area (Å²) >= 11 is 1.65. The lowest BCUT2D eigenvalue weighted by molar-refractivity contribution is 0.196. The van der Waals surface area contributed by atoms with Gasteiger partial charge in [-0.3, -0.25) is 0 Å². The predicted molar refractivity (Wildman–Crippen MR) is 88.8 cm³/mol. The SMILES string of the molecule is CC(C)(C)c1csc(CC(CN)(CO)c2ccccc2)n1. The number of aliphatic hydroxyl groups is 1. The van der Waals surface area contributed by atoms with Crippen LogP contribution < -0.4 is 5.73 Å². The lowest BCUT2D eigenvalue weighted by atomic mass is 9.78. The third-order valence-corrected chi connectivity index (χ3v) is 4.74. The van der Waals surface area contributed by atoms with Crippen molar-refractivity contribution >= 4 is 11.3 Å². The second-order valence-electron chi connectivity index (χ2n) is 6.56. The molecule has 1 heterocycles. The average molecular weight is 304 g/mol. The van der Waals surface area contributed by atoms with Gasteiger partial charge in [0, 0.05) is 29.2 Å². The van der Waals surface area contributed by atoms with Gasteiger partial charge in [0.2, 0.25) is 0 Å². The van der Waals surface area contributed by atoms with E-state index >= 15 is 0 Å². The van der Waals surface area contributed by atoms with Crippen LogP contribution in [-0.4, -0.2) is 23.2 Å². The molecular formula is C17H24N2OS. The van der Waals surface area contributed by atoms with Crippen LogP contribution in [-0.2, 0) is 17.3 Å². The number of aliphatic hydroxyl groups excluding tert-OH is 1. The fourth-order valence-electron chi connectivity index (χ4n) is 2.32. The molecule has 2 aromatic rings. The number of hydrogen-bond acceptors (Lipinski definition) is 4. The van der Waals surface area contributed by atoms with E-state index in [0.717, 1.165) is 16.3 Å². The number of aromatic nitrogens is 1. The molecule has 0 aliphatic rings. The van der Waals surface area contributed by atoms with Crippen molar-refractivity contribution in [3.63, 3.8) is 0 Å². The predicted octanol–water partition coefficient (Wildman–Crippen LogP) is 2.87. The zero-order valence-electron chi connectivity index (χ0n) is 13.0. The largest absolute Gasteiger partial charge is 0.395 e. The van der Waals surface area contributed by atoms with Crippen LogP contribution >= 0.6 is 11.3 Å². The summed E-state index contributed by atoms with van der Waals surface area (Å²) in [4.78, 5) is 4.74. The monoisotopic (exact) mass is 304 g/mol. The fraction of sp³-hybridized carbons (Fsp3) is 0.471. The second kappa shape index (κ2) is 6.26. The van der Waals surface area contributed by atoms with E-state index in [1.54, 1.807) is 11.3 Å². The normalized spacial score (nSPS) is 14.9. The van der Waals surface area contributed by atoms with Crippen molar-refractivity contribution in [3.8, 4) is 0 Å². The molecule has 0 aliphatic heterocycles. The Morgan fingerprint density at radius 2 is 1.86 bits per heavy atom. The third kappa shape index (κ3) is 3.51. The Hall–Kier alpha value is -1.23. The van der Waals surface area contributed by atoms with E-state index < -0.39 is 5.41 Å². The molecule has 21 heavy (non-hydrogen) atoms. The van der Waals surface area contributed by atoms with Crippen LogP contribution in [0.3, 0.4) is 0 Å². The van der Waals surface area contributed by atoms with E-state index in [-0.39, 0.29) is 12.0 Å². The second-order valence-corrected chi connectivity index (χ2v) is 7.50. The minimum atomic E-state index is -0.450. The van der Waals surface area contributed by atoms with Crippen LogP contribution in [0.15, 0.2) is 35.7 Å². The minimum Gasteiger partial charge on any atom is -0.395 e. The Morgan fingerprint density at radius 1 is 1.19 bits per heavy atom. The number of rotatable bonds is 5. The minimum absolute atomic E-state index is 0.0257. The number of hydrogen-bond donors (Lipinski definition) is 2. The molecule has 0 spiro atoms. The van der Waals surface area contributed by atoms with Crippen LogP contribution in [0.5, 0.6) is 0 Å². The first-order valence-corrected chi connectivity index (χ1v) is 8.10. The number of nitrogens with zero attached hydrogens (tertiary/aromatic N) is 1. The highest BCUT2D eigenvalue weighted by Crippen LogP contribution is 2.31. The Morgan fingerprint density at radius 3 is 2.33 bits per heavy atom. The van der Waals surface area contributed by atoms with Crippen molar-refractivity contribution in [3.05, 3.63) is 52.0 Å².